The number of aryl methyl sites for hydroxylation is 1. The lowest BCUT2D eigenvalue weighted by atomic mass is 10.0. The van der Waals surface area contributed by atoms with Gasteiger partial charge in [0.2, 0.25) is 0 Å². The second-order valence-electron chi connectivity index (χ2n) is 9.19. The van der Waals surface area contributed by atoms with E-state index in [1.165, 1.54) is 0 Å². The van der Waals surface area contributed by atoms with Gasteiger partial charge in [0.25, 0.3) is 11.8 Å². The van der Waals surface area contributed by atoms with Crippen molar-refractivity contribution in [2.45, 2.75) is 46.1 Å². The molecule has 0 radical (unpaired) electrons. The van der Waals surface area contributed by atoms with E-state index in [0.29, 0.717) is 41.5 Å². The van der Waals surface area contributed by atoms with Gasteiger partial charge in [-0.05, 0) is 73.2 Å². The van der Waals surface area contributed by atoms with Gasteiger partial charge in [-0.15, -0.1) is 0 Å². The molecule has 37 heavy (non-hydrogen) atoms. The summed E-state index contributed by atoms with van der Waals surface area (Å²) >= 11 is 0. The van der Waals surface area contributed by atoms with Gasteiger partial charge in [-0.3, -0.25) is 9.59 Å². The van der Waals surface area contributed by atoms with E-state index < -0.39 is 6.10 Å². The number of nitrogens with one attached hydrogen (secondary N) is 2. The van der Waals surface area contributed by atoms with Crippen LogP contribution in [0.2, 0.25) is 0 Å². The predicted molar refractivity (Wildman–Crippen MR) is 146 cm³/mol. The van der Waals surface area contributed by atoms with Gasteiger partial charge in [0.1, 0.15) is 5.75 Å². The Morgan fingerprint density at radius 1 is 0.865 bits per heavy atom. The van der Waals surface area contributed by atoms with Crippen LogP contribution >= 0.6 is 0 Å². The molecular formula is C30H36N2O5. The molecule has 0 aromatic heterocycles. The van der Waals surface area contributed by atoms with Crippen molar-refractivity contribution in [1.29, 1.82) is 0 Å². The Bertz CT molecular complexity index is 1240. The zero-order valence-corrected chi connectivity index (χ0v) is 22.4. The monoisotopic (exact) mass is 504 g/mol. The Morgan fingerprint density at radius 3 is 2.30 bits per heavy atom. The van der Waals surface area contributed by atoms with Crippen molar-refractivity contribution in [3.63, 3.8) is 0 Å². The number of hydrogen-bond acceptors (Lipinski definition) is 5. The summed E-state index contributed by atoms with van der Waals surface area (Å²) in [4.78, 5) is 25.9. The van der Waals surface area contributed by atoms with E-state index in [1.54, 1.807) is 45.4 Å². The number of ether oxygens (including phenoxy) is 3. The van der Waals surface area contributed by atoms with Crippen molar-refractivity contribution in [2.24, 2.45) is 0 Å². The fraction of sp³-hybridized carbons (Fsp3) is 0.333. The van der Waals surface area contributed by atoms with Crippen LogP contribution in [0.4, 0.5) is 5.69 Å². The zero-order valence-electron chi connectivity index (χ0n) is 22.4. The molecule has 196 valence electrons. The van der Waals surface area contributed by atoms with E-state index in [0.717, 1.165) is 16.7 Å². The van der Waals surface area contributed by atoms with Crippen molar-refractivity contribution in [3.05, 3.63) is 82.9 Å². The number of hydrogen-bond donors (Lipinski definition) is 2. The molecule has 3 aromatic rings. The van der Waals surface area contributed by atoms with Crippen LogP contribution in [0, 0.1) is 6.92 Å². The number of methoxy groups -OCH3 is 2. The maximum absolute atomic E-state index is 13.0. The summed E-state index contributed by atoms with van der Waals surface area (Å²) in [5, 5.41) is 5.78. The van der Waals surface area contributed by atoms with E-state index in [9.17, 15) is 9.59 Å². The molecule has 0 saturated carbocycles. The van der Waals surface area contributed by atoms with Crippen LogP contribution in [0.1, 0.15) is 53.7 Å². The highest BCUT2D eigenvalue weighted by atomic mass is 16.5. The smallest absolute Gasteiger partial charge is 0.265 e. The largest absolute Gasteiger partial charge is 0.493 e. The molecular weight excluding hydrogens is 468 g/mol. The fourth-order valence-electron chi connectivity index (χ4n) is 3.94. The van der Waals surface area contributed by atoms with Crippen LogP contribution in [0.3, 0.4) is 0 Å². The first kappa shape index (κ1) is 27.6. The number of anilines is 1. The average molecular weight is 505 g/mol. The minimum Gasteiger partial charge on any atom is -0.493 e. The van der Waals surface area contributed by atoms with Crippen LogP contribution in [-0.2, 0) is 11.2 Å². The Balaban J connectivity index is 1.63. The molecule has 3 aromatic carbocycles. The van der Waals surface area contributed by atoms with Crippen molar-refractivity contribution >= 4 is 17.5 Å². The Labute approximate surface area is 219 Å². The van der Waals surface area contributed by atoms with Gasteiger partial charge in [-0.1, -0.05) is 44.2 Å². The standard InChI is InChI=1S/C30H36N2O5/c1-19(2)23-13-11-20(3)17-27(23)37-21(4)29(33)32-25-10-8-7-9-24(25)30(34)31-16-15-22-12-14-26(35-5)28(18-22)36-6/h7-14,17-19,21H,15-16H2,1-6H3,(H,31,34)(H,32,33)/t21-/m0/s1. The summed E-state index contributed by atoms with van der Waals surface area (Å²) in [5.41, 5.74) is 3.91. The molecule has 1 atom stereocenters. The first-order chi connectivity index (χ1) is 17.7. The quantitative estimate of drug-likeness (QED) is 0.359. The van der Waals surface area contributed by atoms with Crippen LogP contribution in [-0.4, -0.2) is 38.7 Å². The summed E-state index contributed by atoms with van der Waals surface area (Å²) in [6, 6.07) is 18.6. The lowest BCUT2D eigenvalue weighted by molar-refractivity contribution is -0.122. The molecule has 2 amide bonds. The van der Waals surface area contributed by atoms with Crippen molar-refractivity contribution in [2.75, 3.05) is 26.1 Å². The Morgan fingerprint density at radius 2 is 1.59 bits per heavy atom. The molecule has 0 heterocycles. The van der Waals surface area contributed by atoms with E-state index in [1.807, 2.05) is 43.3 Å². The van der Waals surface area contributed by atoms with E-state index in [2.05, 4.69) is 24.5 Å². The number of carbonyl (C=O) groups is 2. The molecule has 0 fully saturated rings. The lowest BCUT2D eigenvalue weighted by Crippen LogP contribution is -2.32. The molecule has 2 N–H and O–H groups in total. The molecule has 0 bridgehead atoms. The van der Waals surface area contributed by atoms with E-state index in [-0.39, 0.29) is 17.7 Å². The lowest BCUT2D eigenvalue weighted by Gasteiger charge is -2.20. The molecule has 0 aliphatic heterocycles. The molecule has 0 aliphatic carbocycles. The van der Waals surface area contributed by atoms with Gasteiger partial charge >= 0.3 is 0 Å². The van der Waals surface area contributed by atoms with Crippen molar-refractivity contribution in [3.8, 4) is 17.2 Å². The highest BCUT2D eigenvalue weighted by Crippen LogP contribution is 2.29. The topological polar surface area (TPSA) is 85.9 Å². The molecule has 7 heteroatoms. The fourth-order valence-corrected chi connectivity index (χ4v) is 3.94. The maximum atomic E-state index is 13.0. The first-order valence-corrected chi connectivity index (χ1v) is 12.4. The summed E-state index contributed by atoms with van der Waals surface area (Å²) in [7, 11) is 3.18. The third-order valence-electron chi connectivity index (χ3n) is 6.04. The Hall–Kier alpha value is -4.00. The minimum absolute atomic E-state index is 0.259. The minimum atomic E-state index is -0.750. The number of para-hydroxylation sites is 1. The van der Waals surface area contributed by atoms with Crippen molar-refractivity contribution in [1.82, 2.24) is 5.32 Å². The Kier molecular flexibility index (Phi) is 9.55. The summed E-state index contributed by atoms with van der Waals surface area (Å²) < 4.78 is 16.7. The average Bonchev–Trinajstić information content (AvgIpc) is 2.88. The number of rotatable bonds is 11. The van der Waals surface area contributed by atoms with Crippen molar-refractivity contribution < 1.29 is 23.8 Å². The molecule has 0 spiro atoms. The number of amides is 2. The second-order valence-corrected chi connectivity index (χ2v) is 9.19. The van der Waals surface area contributed by atoms with Gasteiger partial charge < -0.3 is 24.8 Å². The van der Waals surface area contributed by atoms with Crippen LogP contribution < -0.4 is 24.8 Å². The summed E-state index contributed by atoms with van der Waals surface area (Å²) in [5.74, 6) is 1.64. The second kappa shape index (κ2) is 12.8. The van der Waals surface area contributed by atoms with Gasteiger partial charge in [0, 0.05) is 6.54 Å². The predicted octanol–water partition coefficient (Wildman–Crippen LogP) is 5.51. The highest BCUT2D eigenvalue weighted by Gasteiger charge is 2.20. The highest BCUT2D eigenvalue weighted by molar-refractivity contribution is 6.04. The zero-order chi connectivity index (χ0) is 26.9. The van der Waals surface area contributed by atoms with E-state index >= 15 is 0 Å². The van der Waals surface area contributed by atoms with E-state index in [4.69, 9.17) is 14.2 Å². The first-order valence-electron chi connectivity index (χ1n) is 12.4. The summed E-state index contributed by atoms with van der Waals surface area (Å²) in [6.07, 6.45) is -0.138. The number of carbonyl (C=O) groups excluding carboxylic acids is 2. The molecule has 0 unspecified atom stereocenters. The van der Waals surface area contributed by atoms with Gasteiger partial charge in [-0.2, -0.15) is 0 Å². The summed E-state index contributed by atoms with van der Waals surface area (Å²) in [6.45, 7) is 8.28. The third kappa shape index (κ3) is 7.26. The molecule has 0 saturated heterocycles. The molecule has 7 nitrogen and oxygen atoms in total. The maximum Gasteiger partial charge on any atom is 0.265 e. The normalized spacial score (nSPS) is 11.5. The van der Waals surface area contributed by atoms with Crippen LogP contribution in [0.25, 0.3) is 0 Å². The van der Waals surface area contributed by atoms with Gasteiger partial charge in [0.05, 0.1) is 25.5 Å². The molecule has 3 rings (SSSR count). The number of benzene rings is 3. The third-order valence-corrected chi connectivity index (χ3v) is 6.04. The van der Waals surface area contributed by atoms with Gasteiger partial charge in [-0.25, -0.2) is 0 Å². The van der Waals surface area contributed by atoms with Crippen LogP contribution in [0.5, 0.6) is 17.2 Å². The van der Waals surface area contributed by atoms with Crippen LogP contribution in [0.15, 0.2) is 60.7 Å². The van der Waals surface area contributed by atoms with Gasteiger partial charge in [0.15, 0.2) is 17.6 Å². The molecule has 0 aliphatic rings. The SMILES string of the molecule is COc1ccc(CCNC(=O)c2ccccc2NC(=O)[C@H](C)Oc2cc(C)ccc2C(C)C)cc1OC.